The van der Waals surface area contributed by atoms with E-state index < -0.39 is 14.2 Å². The highest BCUT2D eigenvalue weighted by Gasteiger charge is 2.31. The number of ether oxygens (including phenoxy) is 3. The van der Waals surface area contributed by atoms with Gasteiger partial charge in [-0.15, -0.1) is 0 Å². The second-order valence-corrected chi connectivity index (χ2v) is 17.1. The molecule has 1 saturated heterocycles. The Hall–Kier alpha value is -2.91. The lowest BCUT2D eigenvalue weighted by Gasteiger charge is -2.40. The number of fused-ring (bicyclic) bond motifs is 1. The Morgan fingerprint density at radius 2 is 1.85 bits per heavy atom. The summed E-state index contributed by atoms with van der Waals surface area (Å²) in [4.78, 5) is 13.0. The van der Waals surface area contributed by atoms with Crippen LogP contribution in [0.2, 0.25) is 25.7 Å². The maximum Gasteiger partial charge on any atom is 0.189 e. The summed E-state index contributed by atoms with van der Waals surface area (Å²) in [7, 11) is -1.17. The van der Waals surface area contributed by atoms with Crippen LogP contribution in [0.4, 0.5) is 4.79 Å². The Bertz CT molecular complexity index is 1230. The highest BCUT2D eigenvalue weighted by Crippen LogP contribution is 2.33. The molecule has 1 aliphatic rings. The number of benzene rings is 3. The normalized spacial score (nSPS) is 17.9. The van der Waals surface area contributed by atoms with Gasteiger partial charge in [-0.3, -0.25) is 0 Å². The number of piperidine rings is 1. The molecule has 210 valence electrons. The number of carboxylic acid groups (broad SMARTS) is 1. The van der Waals surface area contributed by atoms with Crippen molar-refractivity contribution in [3.05, 3.63) is 77.4 Å². The molecule has 1 amide bonds. The van der Waals surface area contributed by atoms with E-state index in [-0.39, 0.29) is 32.0 Å². The van der Waals surface area contributed by atoms with Crippen molar-refractivity contribution in [3.63, 3.8) is 0 Å². The average molecular weight is 551 g/mol. The highest BCUT2D eigenvalue weighted by atomic mass is 28.3. The predicted octanol–water partition coefficient (Wildman–Crippen LogP) is 4.78. The van der Waals surface area contributed by atoms with Gasteiger partial charge >= 0.3 is 0 Å². The molecule has 8 heteroatoms. The van der Waals surface area contributed by atoms with E-state index in [1.54, 1.807) is 0 Å². The summed E-state index contributed by atoms with van der Waals surface area (Å²) in [6.45, 7) is 8.95. The van der Waals surface area contributed by atoms with Crippen LogP contribution in [0.5, 0.6) is 5.75 Å². The zero-order valence-corrected chi connectivity index (χ0v) is 24.2. The number of likely N-dealkylation sites (tertiary alicyclic amines) is 1. The van der Waals surface area contributed by atoms with Crippen molar-refractivity contribution < 1.29 is 29.2 Å². The van der Waals surface area contributed by atoms with Crippen molar-refractivity contribution in [3.8, 4) is 5.75 Å². The van der Waals surface area contributed by atoms with Crippen LogP contribution >= 0.6 is 0 Å². The maximum atomic E-state index is 11.6. The summed E-state index contributed by atoms with van der Waals surface area (Å²) in [5, 5.41) is 22.9. The summed E-state index contributed by atoms with van der Waals surface area (Å²) < 4.78 is 18.3. The van der Waals surface area contributed by atoms with Crippen LogP contribution in [-0.2, 0) is 22.5 Å². The largest absolute Gasteiger partial charge is 0.530 e. The molecule has 0 bridgehead atoms. The molecule has 1 heterocycles. The first-order chi connectivity index (χ1) is 18.7. The minimum atomic E-state index is -1.17. The monoisotopic (exact) mass is 550 g/mol. The molecular formula is C31H40NO6Si-. The first kappa shape index (κ1) is 29.1. The first-order valence-corrected chi connectivity index (χ1v) is 17.4. The second-order valence-electron chi connectivity index (χ2n) is 11.5. The number of aliphatic hydroxyl groups excluding tert-OH is 1. The predicted molar refractivity (Wildman–Crippen MR) is 154 cm³/mol. The van der Waals surface area contributed by atoms with Crippen molar-refractivity contribution in [2.45, 2.75) is 57.2 Å². The summed E-state index contributed by atoms with van der Waals surface area (Å²) in [6.07, 6.45) is -0.227. The molecule has 0 saturated carbocycles. The first-order valence-electron chi connectivity index (χ1n) is 13.7. The SMILES string of the molecule is C[Si](C)(C)CCOCOc1cc(COC2CN(C(=O)[O-])CCC2c2ccc(CCO)cc2)cc2ccccc12. The van der Waals surface area contributed by atoms with Gasteiger partial charge in [-0.2, -0.15) is 0 Å². The van der Waals surface area contributed by atoms with Crippen LogP contribution in [0, 0.1) is 0 Å². The molecule has 1 N–H and O–H groups in total. The maximum absolute atomic E-state index is 11.6. The molecule has 1 fully saturated rings. The smallest absolute Gasteiger partial charge is 0.189 e. The molecule has 0 radical (unpaired) electrons. The van der Waals surface area contributed by atoms with E-state index in [1.165, 1.54) is 4.90 Å². The molecule has 3 aromatic rings. The third-order valence-corrected chi connectivity index (χ3v) is 8.97. The molecule has 2 unspecified atom stereocenters. The number of carbonyl (C=O) groups is 1. The quantitative estimate of drug-likeness (QED) is 0.198. The lowest BCUT2D eigenvalue weighted by molar-refractivity contribution is -0.268. The van der Waals surface area contributed by atoms with E-state index in [0.717, 1.165) is 39.3 Å². The highest BCUT2D eigenvalue weighted by molar-refractivity contribution is 6.76. The molecule has 0 aliphatic carbocycles. The third-order valence-electron chi connectivity index (χ3n) is 7.27. The Morgan fingerprint density at radius 3 is 2.56 bits per heavy atom. The van der Waals surface area contributed by atoms with Crippen molar-refractivity contribution >= 4 is 24.9 Å². The minimum Gasteiger partial charge on any atom is -0.530 e. The van der Waals surface area contributed by atoms with Crippen molar-refractivity contribution in [2.75, 3.05) is 33.1 Å². The fourth-order valence-corrected chi connectivity index (χ4v) is 5.73. The van der Waals surface area contributed by atoms with Gasteiger partial charge in [0.2, 0.25) is 0 Å². The Kier molecular flexibility index (Phi) is 10.0. The number of hydrogen-bond donors (Lipinski definition) is 1. The van der Waals surface area contributed by atoms with Gasteiger partial charge in [-0.25, -0.2) is 0 Å². The lowest BCUT2D eigenvalue weighted by Crippen LogP contribution is -2.51. The Balaban J connectivity index is 1.48. The van der Waals surface area contributed by atoms with Gasteiger partial charge in [0.1, 0.15) is 11.8 Å². The topological polar surface area (TPSA) is 91.3 Å². The van der Waals surface area contributed by atoms with Crippen molar-refractivity contribution in [1.29, 1.82) is 0 Å². The van der Waals surface area contributed by atoms with E-state index in [0.29, 0.717) is 32.6 Å². The minimum absolute atomic E-state index is 0.0553. The molecule has 4 rings (SSSR count). The van der Waals surface area contributed by atoms with Gasteiger partial charge in [0, 0.05) is 45.7 Å². The number of hydrogen-bond acceptors (Lipinski definition) is 6. The molecule has 7 nitrogen and oxygen atoms in total. The van der Waals surface area contributed by atoms with Gasteiger partial charge in [0.05, 0.1) is 12.7 Å². The van der Waals surface area contributed by atoms with E-state index in [4.69, 9.17) is 14.2 Å². The fourth-order valence-electron chi connectivity index (χ4n) is 4.98. The van der Waals surface area contributed by atoms with Gasteiger partial charge in [-0.05, 0) is 53.1 Å². The van der Waals surface area contributed by atoms with Gasteiger partial charge in [0.15, 0.2) is 6.79 Å². The number of carbonyl (C=O) groups excluding carboxylic acids is 1. The number of rotatable bonds is 12. The molecule has 2 atom stereocenters. The number of aliphatic hydroxyl groups is 1. The van der Waals surface area contributed by atoms with Crippen molar-refractivity contribution in [1.82, 2.24) is 4.90 Å². The van der Waals surface area contributed by atoms with E-state index >= 15 is 0 Å². The molecule has 3 aromatic carbocycles. The molecule has 1 aliphatic heterocycles. The van der Waals surface area contributed by atoms with Crippen molar-refractivity contribution in [2.24, 2.45) is 0 Å². The Morgan fingerprint density at radius 1 is 1.08 bits per heavy atom. The van der Waals surface area contributed by atoms with Gasteiger partial charge in [0.25, 0.3) is 0 Å². The van der Waals surface area contributed by atoms with Gasteiger partial charge in [-0.1, -0.05) is 68.2 Å². The fraction of sp³-hybridized carbons (Fsp3) is 0.452. The summed E-state index contributed by atoms with van der Waals surface area (Å²) in [6, 6.07) is 21.4. The molecule has 0 aromatic heterocycles. The van der Waals surface area contributed by atoms with E-state index in [2.05, 4.69) is 37.8 Å². The van der Waals surface area contributed by atoms with Gasteiger partial charge < -0.3 is 34.1 Å². The number of nitrogens with zero attached hydrogens (tertiary/aromatic N) is 1. The van der Waals surface area contributed by atoms with Crippen LogP contribution < -0.4 is 9.84 Å². The van der Waals surface area contributed by atoms with Crippen LogP contribution in [0.1, 0.15) is 29.0 Å². The van der Waals surface area contributed by atoms with Crippen LogP contribution in [0.15, 0.2) is 60.7 Å². The molecular weight excluding hydrogens is 510 g/mol. The van der Waals surface area contributed by atoms with E-state index in [1.807, 2.05) is 42.5 Å². The third kappa shape index (κ3) is 8.29. The number of amides is 1. The summed E-state index contributed by atoms with van der Waals surface area (Å²) in [5.74, 6) is 0.801. The zero-order chi connectivity index (χ0) is 27.8. The zero-order valence-electron chi connectivity index (χ0n) is 23.2. The summed E-state index contributed by atoms with van der Waals surface area (Å²) >= 11 is 0. The molecule has 39 heavy (non-hydrogen) atoms. The molecule has 0 spiro atoms. The van der Waals surface area contributed by atoms with E-state index in [9.17, 15) is 15.0 Å². The lowest BCUT2D eigenvalue weighted by atomic mass is 9.86. The van der Waals surface area contributed by atoms with Crippen LogP contribution in [0.3, 0.4) is 0 Å². The average Bonchev–Trinajstić information content (AvgIpc) is 2.91. The Labute approximate surface area is 232 Å². The standard InChI is InChI=1S/C31H41NO6Si/c1-39(2,3)17-16-36-22-38-29-19-24(18-26-6-4-5-7-27(26)29)21-37-30-20-32(31(34)35)14-12-28(30)25-10-8-23(9-11-25)13-15-33/h4-11,18-19,28,30,33H,12-17,20-22H2,1-3H3,(H,34,35)/p-1. The second kappa shape index (κ2) is 13.4. The van der Waals surface area contributed by atoms with Crippen LogP contribution in [0.25, 0.3) is 10.8 Å². The summed E-state index contributed by atoms with van der Waals surface area (Å²) in [5.41, 5.74) is 3.13. The van der Waals surface area contributed by atoms with Crippen LogP contribution in [-0.4, -0.2) is 63.4 Å².